The van der Waals surface area contributed by atoms with E-state index in [0.717, 1.165) is 24.8 Å². The van der Waals surface area contributed by atoms with Crippen molar-refractivity contribution in [1.29, 1.82) is 0 Å². The minimum Gasteiger partial charge on any atom is -0.493 e. The van der Waals surface area contributed by atoms with Crippen molar-refractivity contribution in [2.75, 3.05) is 13.7 Å². The van der Waals surface area contributed by atoms with E-state index in [0.29, 0.717) is 5.75 Å². The van der Waals surface area contributed by atoms with Crippen LogP contribution >= 0.6 is 0 Å². The summed E-state index contributed by atoms with van der Waals surface area (Å²) in [5.74, 6) is 0.229. The number of carbonyl (C=O) groups excluding carboxylic acids is 1. The Balaban J connectivity index is 1.65. The molecule has 0 heterocycles. The van der Waals surface area contributed by atoms with Gasteiger partial charge in [0, 0.05) is 6.07 Å². The third kappa shape index (κ3) is 3.93. The number of non-ortho nitro benzene ring substituents is 1. The Labute approximate surface area is 151 Å². The fourth-order valence-electron chi connectivity index (χ4n) is 3.17. The summed E-state index contributed by atoms with van der Waals surface area (Å²) in [6.07, 6.45) is 2.91. The summed E-state index contributed by atoms with van der Waals surface area (Å²) in [5.41, 5.74) is 2.27. The number of amides is 1. The molecule has 0 aromatic heterocycles. The van der Waals surface area contributed by atoms with Gasteiger partial charge in [0.15, 0.2) is 18.1 Å². The van der Waals surface area contributed by atoms with Crippen LogP contribution in [0.1, 0.15) is 30.0 Å². The van der Waals surface area contributed by atoms with Crippen molar-refractivity contribution < 1.29 is 19.2 Å². The topological polar surface area (TPSA) is 90.7 Å². The molecule has 7 nitrogen and oxygen atoms in total. The summed E-state index contributed by atoms with van der Waals surface area (Å²) in [6, 6.07) is 12.1. The maximum atomic E-state index is 12.3. The summed E-state index contributed by atoms with van der Waals surface area (Å²) < 4.78 is 10.6. The molecule has 1 atom stereocenters. The van der Waals surface area contributed by atoms with Crippen LogP contribution < -0.4 is 14.8 Å². The van der Waals surface area contributed by atoms with Crippen LogP contribution in [-0.2, 0) is 11.2 Å². The van der Waals surface area contributed by atoms with E-state index in [1.165, 1.54) is 30.9 Å². The molecule has 0 fully saturated rings. The molecule has 1 aliphatic carbocycles. The monoisotopic (exact) mass is 356 g/mol. The lowest BCUT2D eigenvalue weighted by Crippen LogP contribution is -2.34. The molecule has 1 aliphatic rings. The molecule has 2 aromatic rings. The Morgan fingerprint density at radius 3 is 2.85 bits per heavy atom. The number of hydrogen-bond donors (Lipinski definition) is 1. The number of rotatable bonds is 6. The molecular formula is C19H20N2O5. The van der Waals surface area contributed by atoms with Crippen molar-refractivity contribution in [3.8, 4) is 11.5 Å². The highest BCUT2D eigenvalue weighted by molar-refractivity contribution is 5.78. The van der Waals surface area contributed by atoms with Crippen molar-refractivity contribution in [2.24, 2.45) is 0 Å². The van der Waals surface area contributed by atoms with Crippen molar-refractivity contribution in [1.82, 2.24) is 5.32 Å². The summed E-state index contributed by atoms with van der Waals surface area (Å²) >= 11 is 0. The van der Waals surface area contributed by atoms with Gasteiger partial charge in [-0.1, -0.05) is 24.3 Å². The lowest BCUT2D eigenvalue weighted by atomic mass is 9.88. The van der Waals surface area contributed by atoms with Crippen LogP contribution in [0.4, 0.5) is 5.69 Å². The van der Waals surface area contributed by atoms with Gasteiger partial charge in [-0.25, -0.2) is 0 Å². The number of nitrogens with zero attached hydrogens (tertiary/aromatic N) is 1. The molecule has 7 heteroatoms. The number of fused-ring (bicyclic) bond motifs is 1. The summed E-state index contributed by atoms with van der Waals surface area (Å²) in [6.45, 7) is -0.240. The molecule has 1 N–H and O–H groups in total. The molecule has 0 saturated heterocycles. The molecule has 1 amide bonds. The van der Waals surface area contributed by atoms with Crippen LogP contribution in [0.3, 0.4) is 0 Å². The number of hydrogen-bond acceptors (Lipinski definition) is 5. The normalized spacial score (nSPS) is 15.7. The highest BCUT2D eigenvalue weighted by Crippen LogP contribution is 2.32. The quantitative estimate of drug-likeness (QED) is 0.634. The number of nitrogens with one attached hydrogen (secondary N) is 1. The van der Waals surface area contributed by atoms with E-state index in [1.54, 1.807) is 0 Å². The number of aryl methyl sites for hydroxylation is 1. The van der Waals surface area contributed by atoms with E-state index in [-0.39, 0.29) is 30.0 Å². The molecule has 0 spiro atoms. The third-order valence-electron chi connectivity index (χ3n) is 4.42. The van der Waals surface area contributed by atoms with Gasteiger partial charge in [0.1, 0.15) is 0 Å². The van der Waals surface area contributed by atoms with Crippen LogP contribution in [0.5, 0.6) is 11.5 Å². The number of benzene rings is 2. The number of ether oxygens (including phenoxy) is 2. The molecule has 0 aliphatic heterocycles. The molecule has 136 valence electrons. The van der Waals surface area contributed by atoms with Gasteiger partial charge in [-0.15, -0.1) is 0 Å². The van der Waals surface area contributed by atoms with E-state index in [4.69, 9.17) is 9.47 Å². The second-order valence-electron chi connectivity index (χ2n) is 6.09. The zero-order valence-corrected chi connectivity index (χ0v) is 14.4. The standard InChI is InChI=1S/C19H20N2O5/c1-25-17-10-9-14(21(23)24)11-18(17)26-12-19(22)20-16-8-4-6-13-5-2-3-7-15(13)16/h2-3,5,7,9-11,16H,4,6,8,12H2,1H3,(H,20,22). The molecule has 3 rings (SSSR count). The largest absolute Gasteiger partial charge is 0.493 e. The highest BCUT2D eigenvalue weighted by atomic mass is 16.6. The molecular weight excluding hydrogens is 336 g/mol. The molecule has 2 aromatic carbocycles. The zero-order chi connectivity index (χ0) is 18.5. The zero-order valence-electron chi connectivity index (χ0n) is 14.4. The van der Waals surface area contributed by atoms with E-state index >= 15 is 0 Å². The van der Waals surface area contributed by atoms with E-state index in [2.05, 4.69) is 11.4 Å². The predicted molar refractivity (Wildman–Crippen MR) is 95.4 cm³/mol. The summed E-state index contributed by atoms with van der Waals surface area (Å²) in [5, 5.41) is 13.9. The predicted octanol–water partition coefficient (Wildman–Crippen LogP) is 3.18. The lowest BCUT2D eigenvalue weighted by molar-refractivity contribution is -0.385. The van der Waals surface area contributed by atoms with Gasteiger partial charge >= 0.3 is 0 Å². The fraction of sp³-hybridized carbons (Fsp3) is 0.316. The van der Waals surface area contributed by atoms with Gasteiger partial charge < -0.3 is 14.8 Å². The smallest absolute Gasteiger partial charge is 0.273 e. The average molecular weight is 356 g/mol. The van der Waals surface area contributed by atoms with Crippen LogP contribution in [0, 0.1) is 10.1 Å². The highest BCUT2D eigenvalue weighted by Gasteiger charge is 2.22. The number of carbonyl (C=O) groups is 1. The van der Waals surface area contributed by atoms with Crippen LogP contribution in [0.25, 0.3) is 0 Å². The first-order valence-corrected chi connectivity index (χ1v) is 8.41. The molecule has 26 heavy (non-hydrogen) atoms. The molecule has 0 radical (unpaired) electrons. The number of methoxy groups -OCH3 is 1. The first-order chi connectivity index (χ1) is 12.6. The minimum atomic E-state index is -0.522. The third-order valence-corrected chi connectivity index (χ3v) is 4.42. The second-order valence-corrected chi connectivity index (χ2v) is 6.09. The minimum absolute atomic E-state index is 0.0388. The Morgan fingerprint density at radius 2 is 2.08 bits per heavy atom. The van der Waals surface area contributed by atoms with Crippen LogP contribution in [0.15, 0.2) is 42.5 Å². The van der Waals surface area contributed by atoms with E-state index < -0.39 is 4.92 Å². The number of nitro benzene ring substituents is 1. The molecule has 0 bridgehead atoms. The fourth-order valence-corrected chi connectivity index (χ4v) is 3.17. The van der Waals surface area contributed by atoms with Gasteiger partial charge in [0.2, 0.25) is 0 Å². The van der Waals surface area contributed by atoms with Gasteiger partial charge in [0.25, 0.3) is 11.6 Å². The maximum Gasteiger partial charge on any atom is 0.273 e. The Bertz CT molecular complexity index is 821. The van der Waals surface area contributed by atoms with Gasteiger partial charge in [-0.05, 0) is 36.5 Å². The first kappa shape index (κ1) is 17.7. The van der Waals surface area contributed by atoms with Gasteiger partial charge in [-0.2, -0.15) is 0 Å². The lowest BCUT2D eigenvalue weighted by Gasteiger charge is -2.26. The van der Waals surface area contributed by atoms with Crippen LogP contribution in [-0.4, -0.2) is 24.5 Å². The Morgan fingerprint density at radius 1 is 1.27 bits per heavy atom. The number of nitro groups is 1. The van der Waals surface area contributed by atoms with Gasteiger partial charge in [0.05, 0.1) is 24.1 Å². The SMILES string of the molecule is COc1ccc([N+](=O)[O-])cc1OCC(=O)NC1CCCc2ccccc21. The first-order valence-electron chi connectivity index (χ1n) is 8.41. The van der Waals surface area contributed by atoms with Gasteiger partial charge in [-0.3, -0.25) is 14.9 Å². The average Bonchev–Trinajstić information content (AvgIpc) is 2.66. The van der Waals surface area contributed by atoms with Crippen molar-refractivity contribution >= 4 is 11.6 Å². The van der Waals surface area contributed by atoms with E-state index in [9.17, 15) is 14.9 Å². The Kier molecular flexibility index (Phi) is 5.36. The van der Waals surface area contributed by atoms with Crippen LogP contribution in [0.2, 0.25) is 0 Å². The van der Waals surface area contributed by atoms with E-state index in [1.807, 2.05) is 18.2 Å². The second kappa shape index (κ2) is 7.86. The van der Waals surface area contributed by atoms with Crippen molar-refractivity contribution in [2.45, 2.75) is 25.3 Å². The van der Waals surface area contributed by atoms with Crippen molar-refractivity contribution in [3.05, 3.63) is 63.7 Å². The Hall–Kier alpha value is -3.09. The summed E-state index contributed by atoms with van der Waals surface area (Å²) in [4.78, 5) is 22.7. The molecule has 0 saturated carbocycles. The van der Waals surface area contributed by atoms with Crippen molar-refractivity contribution in [3.63, 3.8) is 0 Å². The summed E-state index contributed by atoms with van der Waals surface area (Å²) in [7, 11) is 1.44. The maximum absolute atomic E-state index is 12.3. The molecule has 1 unspecified atom stereocenters.